The van der Waals surface area contributed by atoms with Gasteiger partial charge in [-0.05, 0) is 24.3 Å². The minimum atomic E-state index is 0.0580. The van der Waals surface area contributed by atoms with E-state index < -0.39 is 0 Å². The lowest BCUT2D eigenvalue weighted by Gasteiger charge is -2.32. The van der Waals surface area contributed by atoms with E-state index in [-0.39, 0.29) is 23.3 Å². The lowest BCUT2D eigenvalue weighted by molar-refractivity contribution is -0.127. The van der Waals surface area contributed by atoms with Gasteiger partial charge in [0.2, 0.25) is 5.91 Å². The molecule has 16 heavy (non-hydrogen) atoms. The molecule has 0 heterocycles. The van der Waals surface area contributed by atoms with E-state index in [9.17, 15) is 4.79 Å². The minimum Gasteiger partial charge on any atom is -0.353 e. The number of hydrogen-bond donors (Lipinski definition) is 2. The Bertz CT molecular complexity index is 218. The van der Waals surface area contributed by atoms with Gasteiger partial charge in [-0.3, -0.25) is 4.79 Å². The monoisotopic (exact) mass is 228 g/mol. The van der Waals surface area contributed by atoms with Crippen molar-refractivity contribution in [1.29, 1.82) is 0 Å². The smallest absolute Gasteiger partial charge is 0.223 e. The number of hydrogen-bond acceptors (Lipinski definition) is 2. The Morgan fingerprint density at radius 2 is 1.75 bits per heavy atom. The summed E-state index contributed by atoms with van der Waals surface area (Å²) in [5, 5.41) is 3.12. The van der Waals surface area contributed by atoms with Crippen LogP contribution in [-0.4, -0.2) is 18.5 Å². The fraction of sp³-hybridized carbons (Fsp3) is 0.923. The van der Waals surface area contributed by atoms with Crippen molar-refractivity contribution in [1.82, 2.24) is 5.32 Å². The molecule has 0 bridgehead atoms. The highest BCUT2D eigenvalue weighted by Gasteiger charge is 2.27. The van der Waals surface area contributed by atoms with Crippen molar-refractivity contribution in [3.63, 3.8) is 0 Å². The summed E-state index contributed by atoms with van der Waals surface area (Å²) in [6.07, 6.45) is 0.833. The quantitative estimate of drug-likeness (QED) is 0.757. The molecule has 3 heteroatoms. The number of amides is 1. The summed E-state index contributed by atoms with van der Waals surface area (Å²) in [4.78, 5) is 12.0. The number of nitrogens with one attached hydrogen (secondary N) is 1. The van der Waals surface area contributed by atoms with E-state index in [2.05, 4.69) is 39.9 Å². The fourth-order valence-corrected chi connectivity index (χ4v) is 1.49. The number of rotatable bonds is 5. The lowest BCUT2D eigenvalue weighted by Crippen LogP contribution is -2.47. The molecule has 0 radical (unpaired) electrons. The Hall–Kier alpha value is -0.570. The highest BCUT2D eigenvalue weighted by atomic mass is 16.1. The topological polar surface area (TPSA) is 55.1 Å². The maximum Gasteiger partial charge on any atom is 0.223 e. The Morgan fingerprint density at radius 1 is 1.25 bits per heavy atom. The van der Waals surface area contributed by atoms with Crippen LogP contribution in [0.3, 0.4) is 0 Å². The lowest BCUT2D eigenvalue weighted by atomic mass is 9.84. The van der Waals surface area contributed by atoms with Crippen LogP contribution in [0.25, 0.3) is 0 Å². The minimum absolute atomic E-state index is 0.0580. The number of carbonyl (C=O) groups is 1. The molecule has 0 aromatic carbocycles. The van der Waals surface area contributed by atoms with Gasteiger partial charge in [-0.25, -0.2) is 0 Å². The van der Waals surface area contributed by atoms with Crippen molar-refractivity contribution in [2.45, 2.75) is 54.0 Å². The molecule has 0 fully saturated rings. The summed E-state index contributed by atoms with van der Waals surface area (Å²) in [5.74, 6) is 0.574. The molecule has 96 valence electrons. The van der Waals surface area contributed by atoms with E-state index in [0.717, 1.165) is 6.42 Å². The van der Waals surface area contributed by atoms with Crippen molar-refractivity contribution >= 4 is 5.91 Å². The Kier molecular flexibility index (Phi) is 6.01. The molecule has 0 saturated heterocycles. The van der Waals surface area contributed by atoms with Crippen LogP contribution in [0.2, 0.25) is 0 Å². The second-order valence-corrected chi connectivity index (χ2v) is 6.04. The molecule has 0 aromatic heterocycles. The van der Waals surface area contributed by atoms with Gasteiger partial charge < -0.3 is 11.1 Å². The van der Waals surface area contributed by atoms with E-state index in [0.29, 0.717) is 12.5 Å². The zero-order valence-electron chi connectivity index (χ0n) is 11.6. The first kappa shape index (κ1) is 15.4. The summed E-state index contributed by atoms with van der Waals surface area (Å²) in [7, 11) is 0. The van der Waals surface area contributed by atoms with Crippen LogP contribution in [0.15, 0.2) is 0 Å². The molecule has 0 aliphatic heterocycles. The van der Waals surface area contributed by atoms with Gasteiger partial charge in [0.1, 0.15) is 0 Å². The van der Waals surface area contributed by atoms with Crippen LogP contribution in [0.1, 0.15) is 48.0 Å². The van der Waals surface area contributed by atoms with Crippen LogP contribution in [-0.2, 0) is 4.79 Å². The maximum absolute atomic E-state index is 12.0. The Labute approximate surface area is 100 Å². The molecule has 1 amide bonds. The van der Waals surface area contributed by atoms with Crippen molar-refractivity contribution < 1.29 is 4.79 Å². The normalized spacial score (nSPS) is 16.0. The molecule has 2 unspecified atom stereocenters. The summed E-state index contributed by atoms with van der Waals surface area (Å²) in [6.45, 7) is 13.1. The molecule has 0 saturated carbocycles. The summed E-state index contributed by atoms with van der Waals surface area (Å²) in [6, 6.07) is 0.159. The molecular weight excluding hydrogens is 200 g/mol. The maximum atomic E-state index is 12.0. The van der Waals surface area contributed by atoms with E-state index in [4.69, 9.17) is 5.73 Å². The van der Waals surface area contributed by atoms with Crippen LogP contribution >= 0.6 is 0 Å². The second-order valence-electron chi connectivity index (χ2n) is 6.04. The van der Waals surface area contributed by atoms with E-state index in [1.54, 1.807) is 0 Å². The van der Waals surface area contributed by atoms with Crippen molar-refractivity contribution in [2.75, 3.05) is 6.54 Å². The first-order chi connectivity index (χ1) is 7.20. The molecule has 3 N–H and O–H groups in total. The van der Waals surface area contributed by atoms with Crippen LogP contribution < -0.4 is 11.1 Å². The van der Waals surface area contributed by atoms with Gasteiger partial charge in [-0.1, -0.05) is 41.5 Å². The molecular formula is C13H28N2O. The summed E-state index contributed by atoms with van der Waals surface area (Å²) in [5.41, 5.74) is 5.65. The average Bonchev–Trinajstić information content (AvgIpc) is 2.14. The SMILES string of the molecule is CC(C)C(C)C(=O)NC(CCN)C(C)(C)C. The van der Waals surface area contributed by atoms with E-state index in [1.165, 1.54) is 0 Å². The molecule has 0 rings (SSSR count). The Morgan fingerprint density at radius 3 is 2.06 bits per heavy atom. The van der Waals surface area contributed by atoms with Crippen molar-refractivity contribution in [2.24, 2.45) is 23.0 Å². The van der Waals surface area contributed by atoms with Gasteiger partial charge in [-0.2, -0.15) is 0 Å². The standard InChI is InChI=1S/C13H28N2O/c1-9(2)10(3)12(16)15-11(7-8-14)13(4,5)6/h9-11H,7-8,14H2,1-6H3,(H,15,16). The molecule has 0 aromatic rings. The first-order valence-corrected chi connectivity index (χ1v) is 6.20. The number of carbonyl (C=O) groups excluding carboxylic acids is 1. The van der Waals surface area contributed by atoms with Crippen molar-refractivity contribution in [3.05, 3.63) is 0 Å². The van der Waals surface area contributed by atoms with Gasteiger partial charge in [0, 0.05) is 12.0 Å². The zero-order chi connectivity index (χ0) is 12.9. The number of nitrogens with two attached hydrogens (primary N) is 1. The average molecular weight is 228 g/mol. The molecule has 3 nitrogen and oxygen atoms in total. The Balaban J connectivity index is 4.46. The van der Waals surface area contributed by atoms with Gasteiger partial charge in [0.25, 0.3) is 0 Å². The molecule has 0 spiro atoms. The van der Waals surface area contributed by atoms with Gasteiger partial charge in [-0.15, -0.1) is 0 Å². The third kappa shape index (κ3) is 4.97. The largest absolute Gasteiger partial charge is 0.353 e. The van der Waals surface area contributed by atoms with Crippen LogP contribution in [0.4, 0.5) is 0 Å². The highest BCUT2D eigenvalue weighted by molar-refractivity contribution is 5.78. The van der Waals surface area contributed by atoms with Gasteiger partial charge >= 0.3 is 0 Å². The predicted octanol–water partition coefficient (Wildman–Crippen LogP) is 2.16. The van der Waals surface area contributed by atoms with Gasteiger partial charge in [0.15, 0.2) is 0 Å². The van der Waals surface area contributed by atoms with Crippen LogP contribution in [0, 0.1) is 17.3 Å². The molecule has 0 aliphatic rings. The first-order valence-electron chi connectivity index (χ1n) is 6.20. The van der Waals surface area contributed by atoms with Crippen LogP contribution in [0.5, 0.6) is 0 Å². The molecule has 0 aliphatic carbocycles. The summed E-state index contributed by atoms with van der Waals surface area (Å²) >= 11 is 0. The molecule has 2 atom stereocenters. The zero-order valence-corrected chi connectivity index (χ0v) is 11.6. The van der Waals surface area contributed by atoms with Crippen molar-refractivity contribution in [3.8, 4) is 0 Å². The van der Waals surface area contributed by atoms with E-state index in [1.807, 2.05) is 6.92 Å². The third-order valence-corrected chi connectivity index (χ3v) is 3.23. The predicted molar refractivity (Wildman–Crippen MR) is 69.1 cm³/mol. The van der Waals surface area contributed by atoms with E-state index >= 15 is 0 Å². The third-order valence-electron chi connectivity index (χ3n) is 3.23. The second kappa shape index (κ2) is 6.24. The summed E-state index contributed by atoms with van der Waals surface area (Å²) < 4.78 is 0. The highest BCUT2D eigenvalue weighted by Crippen LogP contribution is 2.22. The fourth-order valence-electron chi connectivity index (χ4n) is 1.49. The van der Waals surface area contributed by atoms with Gasteiger partial charge in [0.05, 0.1) is 0 Å².